The zero-order valence-electron chi connectivity index (χ0n) is 9.84. The lowest BCUT2D eigenvalue weighted by atomic mass is 9.74. The van der Waals surface area contributed by atoms with Gasteiger partial charge in [-0.2, -0.15) is 0 Å². The Morgan fingerprint density at radius 1 is 1.07 bits per heavy atom. The normalized spacial score (nSPS) is 16.1. The lowest BCUT2D eigenvalue weighted by Gasteiger charge is -2.37. The number of aliphatic hydroxyl groups is 1. The van der Waals surface area contributed by atoms with E-state index < -0.39 is 5.60 Å². The maximum atomic E-state index is 10.4. The Balaban J connectivity index is 2.82. The second-order valence-corrected chi connectivity index (χ2v) is 6.57. The molecule has 1 atom stereocenters. The topological polar surface area (TPSA) is 20.2 Å². The molecule has 0 spiro atoms. The van der Waals surface area contributed by atoms with Crippen LogP contribution in [0, 0.1) is 8.99 Å². The smallest absolute Gasteiger partial charge is 0.0707 e. The molecule has 0 radical (unpaired) electrons. The van der Waals surface area contributed by atoms with Gasteiger partial charge in [0.15, 0.2) is 0 Å². The van der Waals surface area contributed by atoms with Crippen LogP contribution in [0.15, 0.2) is 24.3 Å². The van der Waals surface area contributed by atoms with Crippen LogP contribution in [0.2, 0.25) is 0 Å². The second kappa shape index (κ2) is 4.42. The van der Waals surface area contributed by atoms with Crippen molar-refractivity contribution in [3.8, 4) is 0 Å². The van der Waals surface area contributed by atoms with Crippen molar-refractivity contribution in [3.05, 3.63) is 33.4 Å². The first-order chi connectivity index (χ1) is 6.72. The highest BCUT2D eigenvalue weighted by atomic mass is 127. The van der Waals surface area contributed by atoms with Crippen LogP contribution in [-0.2, 0) is 6.42 Å². The summed E-state index contributed by atoms with van der Waals surface area (Å²) in [5.41, 5.74) is 0.422. The van der Waals surface area contributed by atoms with Gasteiger partial charge in [-0.3, -0.25) is 0 Å². The highest BCUT2D eigenvalue weighted by molar-refractivity contribution is 14.1. The first-order valence-corrected chi connectivity index (χ1v) is 6.27. The van der Waals surface area contributed by atoms with Gasteiger partial charge >= 0.3 is 0 Å². The van der Waals surface area contributed by atoms with Crippen molar-refractivity contribution in [2.24, 2.45) is 5.41 Å². The molecular weight excluding hydrogens is 299 g/mol. The molecule has 2 heteroatoms. The molecule has 0 aliphatic rings. The van der Waals surface area contributed by atoms with E-state index in [1.165, 1.54) is 9.13 Å². The number of halogens is 1. The summed E-state index contributed by atoms with van der Waals surface area (Å²) >= 11 is 2.29. The van der Waals surface area contributed by atoms with Gasteiger partial charge in [0, 0.05) is 9.99 Å². The fourth-order valence-corrected chi connectivity index (χ4v) is 1.62. The molecule has 1 aromatic carbocycles. The van der Waals surface area contributed by atoms with E-state index in [1.54, 1.807) is 0 Å². The minimum atomic E-state index is -0.667. The number of hydrogen-bond donors (Lipinski definition) is 1. The monoisotopic (exact) mass is 318 g/mol. The molecule has 0 saturated heterocycles. The van der Waals surface area contributed by atoms with Crippen molar-refractivity contribution in [3.63, 3.8) is 0 Å². The van der Waals surface area contributed by atoms with Crippen LogP contribution in [0.3, 0.4) is 0 Å². The maximum Gasteiger partial charge on any atom is 0.0707 e. The number of benzene rings is 1. The lowest BCUT2D eigenvalue weighted by molar-refractivity contribution is -0.0405. The molecule has 0 aliphatic carbocycles. The number of hydrogen-bond acceptors (Lipinski definition) is 1. The van der Waals surface area contributed by atoms with Crippen LogP contribution in [0.1, 0.15) is 33.3 Å². The van der Waals surface area contributed by atoms with Gasteiger partial charge in [0.25, 0.3) is 0 Å². The fourth-order valence-electron chi connectivity index (χ4n) is 1.26. The van der Waals surface area contributed by atoms with E-state index in [9.17, 15) is 5.11 Å². The standard InChI is InChI=1S/C13H19IO/c1-12(2,3)13(4,15)9-10-5-7-11(14)8-6-10/h5-8,15H,9H2,1-4H3. The molecule has 0 aliphatic heterocycles. The zero-order valence-corrected chi connectivity index (χ0v) is 12.0. The summed E-state index contributed by atoms with van der Waals surface area (Å²) in [6.45, 7) is 8.12. The van der Waals surface area contributed by atoms with Gasteiger partial charge in [-0.25, -0.2) is 0 Å². The van der Waals surface area contributed by atoms with E-state index in [0.717, 1.165) is 0 Å². The Morgan fingerprint density at radius 3 is 1.93 bits per heavy atom. The predicted molar refractivity (Wildman–Crippen MR) is 72.9 cm³/mol. The Hall–Kier alpha value is -0.0900. The van der Waals surface area contributed by atoms with Crippen LogP contribution in [-0.4, -0.2) is 10.7 Å². The van der Waals surface area contributed by atoms with Crippen LogP contribution in [0.4, 0.5) is 0 Å². The number of rotatable bonds is 2. The highest BCUT2D eigenvalue weighted by Crippen LogP contribution is 2.32. The molecule has 0 aromatic heterocycles. The third-order valence-corrected chi connectivity index (χ3v) is 3.80. The first-order valence-electron chi connectivity index (χ1n) is 5.19. The molecular formula is C13H19IO. The average Bonchev–Trinajstić information content (AvgIpc) is 2.06. The minimum Gasteiger partial charge on any atom is -0.389 e. The minimum absolute atomic E-state index is 0.101. The van der Waals surface area contributed by atoms with Crippen molar-refractivity contribution in [1.29, 1.82) is 0 Å². The average molecular weight is 318 g/mol. The van der Waals surface area contributed by atoms with Crippen LogP contribution in [0.5, 0.6) is 0 Å². The Labute approximate surface area is 106 Å². The lowest BCUT2D eigenvalue weighted by Crippen LogP contribution is -2.41. The van der Waals surface area contributed by atoms with Crippen LogP contribution >= 0.6 is 22.6 Å². The van der Waals surface area contributed by atoms with Crippen LogP contribution < -0.4 is 0 Å². The molecule has 84 valence electrons. The van der Waals surface area contributed by atoms with Crippen molar-refractivity contribution in [2.75, 3.05) is 0 Å². The molecule has 1 N–H and O–H groups in total. The summed E-state index contributed by atoms with van der Waals surface area (Å²) < 4.78 is 1.23. The summed E-state index contributed by atoms with van der Waals surface area (Å²) in [4.78, 5) is 0. The molecule has 0 fully saturated rings. The van der Waals surface area contributed by atoms with Crippen molar-refractivity contribution >= 4 is 22.6 Å². The Morgan fingerprint density at radius 2 is 1.53 bits per heavy atom. The Kier molecular flexibility index (Phi) is 3.82. The zero-order chi connectivity index (χ0) is 11.7. The van der Waals surface area contributed by atoms with Crippen LogP contribution in [0.25, 0.3) is 0 Å². The molecule has 1 rings (SSSR count). The van der Waals surface area contributed by atoms with Gasteiger partial charge in [-0.05, 0) is 52.6 Å². The van der Waals surface area contributed by atoms with E-state index in [4.69, 9.17) is 0 Å². The molecule has 15 heavy (non-hydrogen) atoms. The van der Waals surface area contributed by atoms with Crippen molar-refractivity contribution < 1.29 is 5.11 Å². The summed E-state index contributed by atoms with van der Waals surface area (Å²) in [5.74, 6) is 0. The molecule has 1 nitrogen and oxygen atoms in total. The van der Waals surface area contributed by atoms with E-state index in [-0.39, 0.29) is 5.41 Å². The SMILES string of the molecule is CC(C)(C)C(C)(O)Cc1ccc(I)cc1. The highest BCUT2D eigenvalue weighted by Gasteiger charge is 2.34. The van der Waals surface area contributed by atoms with Crippen molar-refractivity contribution in [2.45, 2.75) is 39.7 Å². The summed E-state index contributed by atoms with van der Waals surface area (Å²) in [5, 5.41) is 10.4. The summed E-state index contributed by atoms with van der Waals surface area (Å²) in [6.07, 6.45) is 0.702. The summed E-state index contributed by atoms with van der Waals surface area (Å²) in [6, 6.07) is 8.33. The van der Waals surface area contributed by atoms with E-state index >= 15 is 0 Å². The van der Waals surface area contributed by atoms with Gasteiger partial charge in [0.2, 0.25) is 0 Å². The molecule has 0 bridgehead atoms. The molecule has 0 heterocycles. The molecule has 0 amide bonds. The van der Waals surface area contributed by atoms with Gasteiger partial charge in [0.1, 0.15) is 0 Å². The second-order valence-electron chi connectivity index (χ2n) is 5.33. The van der Waals surface area contributed by atoms with Crippen molar-refractivity contribution in [1.82, 2.24) is 0 Å². The van der Waals surface area contributed by atoms with E-state index in [2.05, 4.69) is 67.6 Å². The summed E-state index contributed by atoms with van der Waals surface area (Å²) in [7, 11) is 0. The third kappa shape index (κ3) is 3.45. The van der Waals surface area contributed by atoms with Gasteiger partial charge in [0.05, 0.1) is 5.60 Å². The van der Waals surface area contributed by atoms with Gasteiger partial charge in [-0.1, -0.05) is 32.9 Å². The van der Waals surface area contributed by atoms with Gasteiger partial charge in [-0.15, -0.1) is 0 Å². The molecule has 1 unspecified atom stereocenters. The van der Waals surface area contributed by atoms with E-state index in [1.807, 2.05) is 6.92 Å². The third-order valence-electron chi connectivity index (χ3n) is 3.08. The Bertz CT molecular complexity index is 319. The fraction of sp³-hybridized carbons (Fsp3) is 0.538. The van der Waals surface area contributed by atoms with E-state index in [0.29, 0.717) is 6.42 Å². The first kappa shape index (κ1) is 13.0. The predicted octanol–water partition coefficient (Wildman–Crippen LogP) is 3.63. The molecule has 0 saturated carbocycles. The quantitative estimate of drug-likeness (QED) is 0.826. The molecule has 1 aromatic rings. The maximum absolute atomic E-state index is 10.4. The van der Waals surface area contributed by atoms with Gasteiger partial charge < -0.3 is 5.11 Å². The largest absolute Gasteiger partial charge is 0.389 e.